The van der Waals surface area contributed by atoms with Crippen LogP contribution in [0.2, 0.25) is 25.7 Å². The summed E-state index contributed by atoms with van der Waals surface area (Å²) in [4.78, 5) is 0. The summed E-state index contributed by atoms with van der Waals surface area (Å²) in [6, 6.07) is 1.20. The SMILES string of the molecule is CC(S)C[SiH2]O[Si](C)(C)C. The zero-order valence-electron chi connectivity index (χ0n) is 7.35. The minimum absolute atomic E-state index is 0.255. The molecule has 0 N–H and O–H groups in total. The summed E-state index contributed by atoms with van der Waals surface area (Å²) in [6.45, 7) is 8.85. The highest BCUT2D eigenvalue weighted by Gasteiger charge is 2.13. The van der Waals surface area contributed by atoms with Gasteiger partial charge < -0.3 is 4.12 Å². The van der Waals surface area contributed by atoms with E-state index in [4.69, 9.17) is 4.12 Å². The molecule has 0 amide bonds. The van der Waals surface area contributed by atoms with Crippen molar-refractivity contribution < 1.29 is 4.12 Å². The van der Waals surface area contributed by atoms with Crippen molar-refractivity contribution in [2.75, 3.05) is 0 Å². The molecular formula is C6H18OSSi2. The summed E-state index contributed by atoms with van der Waals surface area (Å²) in [5, 5.41) is 0.531. The Bertz CT molecular complexity index is 90.2. The molecule has 0 aliphatic rings. The van der Waals surface area contributed by atoms with E-state index in [0.717, 1.165) is 0 Å². The molecule has 0 aliphatic carbocycles. The van der Waals surface area contributed by atoms with Gasteiger partial charge in [-0.3, -0.25) is 0 Å². The predicted octanol–water partition coefficient (Wildman–Crippen LogP) is 1.66. The molecule has 0 aromatic carbocycles. The Morgan fingerprint density at radius 3 is 2.30 bits per heavy atom. The average molecular weight is 194 g/mol. The normalized spacial score (nSPS) is 16.5. The number of hydrogen-bond acceptors (Lipinski definition) is 2. The van der Waals surface area contributed by atoms with Gasteiger partial charge in [0.05, 0.1) is 0 Å². The highest BCUT2D eigenvalue weighted by Crippen LogP contribution is 2.05. The zero-order chi connectivity index (χ0) is 8.20. The third-order valence-electron chi connectivity index (χ3n) is 1.07. The van der Waals surface area contributed by atoms with Crippen LogP contribution < -0.4 is 0 Å². The Morgan fingerprint density at radius 1 is 1.50 bits per heavy atom. The topological polar surface area (TPSA) is 9.23 Å². The standard InChI is InChI=1S/C6H18OSSi2/c1-6(8)5-9-7-10(2,3)4/h6,8H,5,9H2,1-4H3. The van der Waals surface area contributed by atoms with E-state index in [1.54, 1.807) is 0 Å². The Balaban J connectivity index is 3.21. The van der Waals surface area contributed by atoms with Crippen molar-refractivity contribution in [1.29, 1.82) is 0 Å². The summed E-state index contributed by atoms with van der Waals surface area (Å²) in [5.41, 5.74) is 0. The molecule has 0 spiro atoms. The van der Waals surface area contributed by atoms with Crippen molar-refractivity contribution in [1.82, 2.24) is 0 Å². The van der Waals surface area contributed by atoms with Gasteiger partial charge in [0.1, 0.15) is 9.76 Å². The second kappa shape index (κ2) is 4.59. The fraction of sp³-hybridized carbons (Fsp3) is 1.00. The maximum Gasteiger partial charge on any atom is 0.169 e. The van der Waals surface area contributed by atoms with Crippen LogP contribution in [0.5, 0.6) is 0 Å². The van der Waals surface area contributed by atoms with Gasteiger partial charge >= 0.3 is 0 Å². The molecule has 0 aromatic heterocycles. The lowest BCUT2D eigenvalue weighted by Crippen LogP contribution is -2.27. The van der Waals surface area contributed by atoms with Gasteiger partial charge in [-0.05, 0) is 30.9 Å². The molecule has 0 heterocycles. The van der Waals surface area contributed by atoms with Gasteiger partial charge in [0.15, 0.2) is 8.32 Å². The third-order valence-corrected chi connectivity index (χ3v) is 7.20. The number of rotatable bonds is 4. The van der Waals surface area contributed by atoms with Crippen LogP contribution in [-0.2, 0) is 4.12 Å². The van der Waals surface area contributed by atoms with E-state index in [1.807, 2.05) is 0 Å². The summed E-state index contributed by atoms with van der Waals surface area (Å²) in [6.07, 6.45) is 0. The molecule has 0 radical (unpaired) electrons. The molecule has 62 valence electrons. The smallest absolute Gasteiger partial charge is 0.169 e. The van der Waals surface area contributed by atoms with Crippen molar-refractivity contribution in [2.24, 2.45) is 0 Å². The first-order chi connectivity index (χ1) is 4.42. The van der Waals surface area contributed by atoms with E-state index in [2.05, 4.69) is 39.2 Å². The fourth-order valence-electron chi connectivity index (χ4n) is 0.536. The van der Waals surface area contributed by atoms with Crippen molar-refractivity contribution in [3.05, 3.63) is 0 Å². The number of thiol groups is 1. The Morgan fingerprint density at radius 2 is 2.00 bits per heavy atom. The Hall–Kier alpha value is 0.744. The van der Waals surface area contributed by atoms with Gasteiger partial charge in [-0.1, -0.05) is 6.92 Å². The third kappa shape index (κ3) is 8.74. The van der Waals surface area contributed by atoms with E-state index in [0.29, 0.717) is 5.25 Å². The zero-order valence-corrected chi connectivity index (χ0v) is 10.7. The summed E-state index contributed by atoms with van der Waals surface area (Å²) in [5.74, 6) is 0. The quantitative estimate of drug-likeness (QED) is 0.529. The molecule has 4 heteroatoms. The van der Waals surface area contributed by atoms with Crippen molar-refractivity contribution >= 4 is 30.7 Å². The van der Waals surface area contributed by atoms with Crippen LogP contribution in [0.3, 0.4) is 0 Å². The molecule has 1 unspecified atom stereocenters. The van der Waals surface area contributed by atoms with Crippen LogP contribution >= 0.6 is 12.6 Å². The molecule has 0 rings (SSSR count). The molecule has 0 saturated heterocycles. The van der Waals surface area contributed by atoms with E-state index in [-0.39, 0.29) is 9.76 Å². The summed E-state index contributed by atoms with van der Waals surface area (Å²) < 4.78 is 5.77. The lowest BCUT2D eigenvalue weighted by atomic mass is 10.6. The first-order valence-electron chi connectivity index (χ1n) is 3.74. The fourth-order valence-corrected chi connectivity index (χ4v) is 4.11. The minimum atomic E-state index is -1.20. The van der Waals surface area contributed by atoms with Gasteiger partial charge in [0, 0.05) is 0 Å². The van der Waals surface area contributed by atoms with E-state index >= 15 is 0 Å². The van der Waals surface area contributed by atoms with Crippen LogP contribution in [0.25, 0.3) is 0 Å². The van der Waals surface area contributed by atoms with Gasteiger partial charge in [0.2, 0.25) is 0 Å². The monoisotopic (exact) mass is 194 g/mol. The first-order valence-corrected chi connectivity index (χ1v) is 9.24. The number of hydrogen-bond donors (Lipinski definition) is 1. The van der Waals surface area contributed by atoms with Gasteiger partial charge in [-0.25, -0.2) is 0 Å². The van der Waals surface area contributed by atoms with Crippen LogP contribution in [0, 0.1) is 0 Å². The largest absolute Gasteiger partial charge is 0.461 e. The second-order valence-electron chi connectivity index (χ2n) is 3.60. The molecular weight excluding hydrogens is 176 g/mol. The maximum absolute atomic E-state index is 5.77. The van der Waals surface area contributed by atoms with E-state index in [1.165, 1.54) is 6.04 Å². The van der Waals surface area contributed by atoms with Crippen LogP contribution in [0.4, 0.5) is 0 Å². The van der Waals surface area contributed by atoms with Crippen LogP contribution in [-0.4, -0.2) is 23.3 Å². The maximum atomic E-state index is 5.77. The molecule has 1 atom stereocenters. The van der Waals surface area contributed by atoms with E-state index in [9.17, 15) is 0 Å². The van der Waals surface area contributed by atoms with Crippen LogP contribution in [0.1, 0.15) is 6.92 Å². The molecule has 0 bridgehead atoms. The highest BCUT2D eigenvalue weighted by atomic mass is 32.1. The Kier molecular flexibility index (Phi) is 4.93. The minimum Gasteiger partial charge on any atom is -0.461 e. The summed E-state index contributed by atoms with van der Waals surface area (Å²) >= 11 is 4.30. The summed E-state index contributed by atoms with van der Waals surface area (Å²) in [7, 11) is -1.45. The molecule has 0 aliphatic heterocycles. The first kappa shape index (κ1) is 10.7. The molecule has 10 heavy (non-hydrogen) atoms. The molecule has 0 aromatic rings. The highest BCUT2D eigenvalue weighted by molar-refractivity contribution is 7.81. The second-order valence-corrected chi connectivity index (χ2v) is 10.8. The van der Waals surface area contributed by atoms with Gasteiger partial charge in [-0.15, -0.1) is 0 Å². The predicted molar refractivity (Wildman–Crippen MR) is 56.2 cm³/mol. The van der Waals surface area contributed by atoms with Gasteiger partial charge in [0.25, 0.3) is 0 Å². The van der Waals surface area contributed by atoms with E-state index < -0.39 is 8.32 Å². The molecule has 0 fully saturated rings. The Labute approximate surface area is 73.0 Å². The van der Waals surface area contributed by atoms with Crippen molar-refractivity contribution in [2.45, 2.75) is 37.9 Å². The van der Waals surface area contributed by atoms with Crippen LogP contribution in [0.15, 0.2) is 0 Å². The molecule has 1 nitrogen and oxygen atoms in total. The molecule has 0 saturated carbocycles. The lowest BCUT2D eigenvalue weighted by molar-refractivity contribution is 0.594. The van der Waals surface area contributed by atoms with Crippen molar-refractivity contribution in [3.8, 4) is 0 Å². The average Bonchev–Trinajstić information content (AvgIpc) is 1.59. The lowest BCUT2D eigenvalue weighted by Gasteiger charge is -2.17. The van der Waals surface area contributed by atoms with Gasteiger partial charge in [-0.2, -0.15) is 12.6 Å². The van der Waals surface area contributed by atoms with Crippen molar-refractivity contribution in [3.63, 3.8) is 0 Å².